The number of methoxy groups -OCH3 is 1. The molecule has 18 heavy (non-hydrogen) atoms. The van der Waals surface area contributed by atoms with Gasteiger partial charge in [0.05, 0.1) is 13.0 Å². The number of carbonyl (C=O) groups excluding carboxylic acids is 1. The van der Waals surface area contributed by atoms with Gasteiger partial charge in [0.25, 0.3) is 5.52 Å². The van der Waals surface area contributed by atoms with Gasteiger partial charge in [-0.05, 0) is 17.7 Å². The minimum Gasteiger partial charge on any atom is -0.497 e. The number of rotatable bonds is 6. The maximum Gasteiger partial charge on any atom is 0.396 e. The third-order valence-corrected chi connectivity index (χ3v) is 4.63. The molecular formula is C12H17O5P. The molecule has 0 aliphatic rings. The summed E-state index contributed by atoms with van der Waals surface area (Å²) in [6, 6.07) is 6.97. The zero-order valence-corrected chi connectivity index (χ0v) is 11.8. The minimum absolute atomic E-state index is 0.558. The van der Waals surface area contributed by atoms with Crippen LogP contribution in [0.25, 0.3) is 0 Å². The van der Waals surface area contributed by atoms with E-state index >= 15 is 0 Å². The van der Waals surface area contributed by atoms with Crippen LogP contribution in [0.4, 0.5) is 0 Å². The second-order valence-electron chi connectivity index (χ2n) is 3.70. The molecule has 0 spiro atoms. The summed E-state index contributed by atoms with van der Waals surface area (Å²) in [6.07, 6.45) is 0. The van der Waals surface area contributed by atoms with Gasteiger partial charge in [0, 0.05) is 14.2 Å². The van der Waals surface area contributed by atoms with Crippen LogP contribution >= 0.6 is 7.60 Å². The van der Waals surface area contributed by atoms with Crippen molar-refractivity contribution in [3.8, 4) is 5.75 Å². The molecule has 0 N–H and O–H groups in total. The summed E-state index contributed by atoms with van der Waals surface area (Å²) in [7, 11) is 0.275. The van der Waals surface area contributed by atoms with Gasteiger partial charge in [0.1, 0.15) is 5.75 Å². The lowest BCUT2D eigenvalue weighted by Gasteiger charge is -2.17. The summed E-state index contributed by atoms with van der Waals surface area (Å²) < 4.78 is 26.4. The molecule has 1 aromatic rings. The average molecular weight is 272 g/mol. The van der Waals surface area contributed by atoms with Crippen molar-refractivity contribution in [2.45, 2.75) is 12.8 Å². The van der Waals surface area contributed by atoms with Gasteiger partial charge in [-0.15, -0.1) is 0 Å². The first-order valence-electron chi connectivity index (χ1n) is 5.38. The van der Waals surface area contributed by atoms with E-state index in [0.717, 1.165) is 5.56 Å². The van der Waals surface area contributed by atoms with Crippen molar-refractivity contribution in [2.24, 2.45) is 0 Å². The Balaban J connectivity index is 2.95. The Morgan fingerprint density at radius 3 is 2.00 bits per heavy atom. The van der Waals surface area contributed by atoms with Crippen molar-refractivity contribution < 1.29 is 23.1 Å². The van der Waals surface area contributed by atoms with Crippen LogP contribution in [0.2, 0.25) is 0 Å². The van der Waals surface area contributed by atoms with Gasteiger partial charge in [-0.2, -0.15) is 0 Å². The fourth-order valence-corrected chi connectivity index (χ4v) is 2.66. The normalized spacial score (nSPS) is 13.1. The van der Waals surface area contributed by atoms with Gasteiger partial charge in [-0.25, -0.2) is 0 Å². The number of benzene rings is 1. The van der Waals surface area contributed by atoms with E-state index in [4.69, 9.17) is 13.8 Å². The Morgan fingerprint density at radius 2 is 1.61 bits per heavy atom. The number of hydrogen-bond donors (Lipinski definition) is 0. The SMILES string of the molecule is COc1ccc(C(C)C(=O)P(=O)(OC)OC)cc1. The summed E-state index contributed by atoms with van der Waals surface area (Å²) in [4.78, 5) is 12.0. The third-order valence-electron chi connectivity index (χ3n) is 2.74. The van der Waals surface area contributed by atoms with Crippen LogP contribution in [0.15, 0.2) is 24.3 Å². The topological polar surface area (TPSA) is 61.8 Å². The Bertz CT molecular complexity index is 446. The second kappa shape index (κ2) is 6.14. The highest BCUT2D eigenvalue weighted by Gasteiger charge is 2.36. The molecule has 0 amide bonds. The highest BCUT2D eigenvalue weighted by Crippen LogP contribution is 2.51. The molecule has 0 aromatic heterocycles. The van der Waals surface area contributed by atoms with E-state index in [-0.39, 0.29) is 0 Å². The minimum atomic E-state index is -3.68. The second-order valence-corrected chi connectivity index (χ2v) is 5.86. The molecule has 100 valence electrons. The summed E-state index contributed by atoms with van der Waals surface area (Å²) in [5.41, 5.74) is 0.174. The average Bonchev–Trinajstić information content (AvgIpc) is 2.44. The molecule has 1 rings (SSSR count). The maximum absolute atomic E-state index is 12.0. The molecule has 0 bridgehead atoms. The van der Waals surface area contributed by atoms with Crippen LogP contribution in [-0.2, 0) is 18.4 Å². The van der Waals surface area contributed by atoms with E-state index in [0.29, 0.717) is 5.75 Å². The molecule has 1 unspecified atom stereocenters. The number of carbonyl (C=O) groups is 1. The Hall–Kier alpha value is -1.16. The molecule has 0 heterocycles. The van der Waals surface area contributed by atoms with E-state index in [1.54, 1.807) is 38.3 Å². The van der Waals surface area contributed by atoms with Crippen molar-refractivity contribution in [3.05, 3.63) is 29.8 Å². The lowest BCUT2D eigenvalue weighted by molar-refractivity contribution is -0.114. The lowest BCUT2D eigenvalue weighted by atomic mass is 10.0. The van der Waals surface area contributed by atoms with Crippen LogP contribution in [0.1, 0.15) is 18.4 Å². The largest absolute Gasteiger partial charge is 0.497 e. The molecule has 0 radical (unpaired) electrons. The molecule has 0 fully saturated rings. The number of hydrogen-bond acceptors (Lipinski definition) is 5. The van der Waals surface area contributed by atoms with E-state index in [2.05, 4.69) is 0 Å². The predicted octanol–water partition coefficient (Wildman–Crippen LogP) is 2.81. The van der Waals surface area contributed by atoms with E-state index in [9.17, 15) is 9.36 Å². The van der Waals surface area contributed by atoms with E-state index in [1.165, 1.54) is 14.2 Å². The Labute approximate surface area is 107 Å². The van der Waals surface area contributed by atoms with E-state index in [1.807, 2.05) is 0 Å². The molecule has 1 aromatic carbocycles. The molecule has 0 saturated carbocycles. The van der Waals surface area contributed by atoms with Crippen molar-refractivity contribution in [1.82, 2.24) is 0 Å². The predicted molar refractivity (Wildman–Crippen MR) is 68.0 cm³/mol. The van der Waals surface area contributed by atoms with Gasteiger partial charge in [-0.1, -0.05) is 19.1 Å². The van der Waals surface area contributed by atoms with Gasteiger partial charge >= 0.3 is 7.60 Å². The zero-order chi connectivity index (χ0) is 13.8. The Morgan fingerprint density at radius 1 is 1.11 bits per heavy atom. The first kappa shape index (κ1) is 14.9. The third kappa shape index (κ3) is 2.99. The van der Waals surface area contributed by atoms with Crippen molar-refractivity contribution >= 4 is 13.1 Å². The van der Waals surface area contributed by atoms with Gasteiger partial charge in [-0.3, -0.25) is 9.36 Å². The van der Waals surface area contributed by atoms with Crippen LogP contribution in [-0.4, -0.2) is 26.9 Å². The summed E-state index contributed by atoms with van der Waals surface area (Å²) in [5.74, 6) is 0.127. The molecular weight excluding hydrogens is 255 g/mol. The van der Waals surface area contributed by atoms with Crippen molar-refractivity contribution in [3.63, 3.8) is 0 Å². The molecule has 0 aliphatic carbocycles. The number of ether oxygens (including phenoxy) is 1. The molecule has 6 heteroatoms. The monoisotopic (exact) mass is 272 g/mol. The van der Waals surface area contributed by atoms with Crippen LogP contribution in [0.5, 0.6) is 5.75 Å². The van der Waals surface area contributed by atoms with Gasteiger partial charge in [0.15, 0.2) is 0 Å². The van der Waals surface area contributed by atoms with Crippen molar-refractivity contribution in [2.75, 3.05) is 21.3 Å². The fraction of sp³-hybridized carbons (Fsp3) is 0.417. The first-order valence-corrected chi connectivity index (χ1v) is 6.92. The van der Waals surface area contributed by atoms with Crippen molar-refractivity contribution in [1.29, 1.82) is 0 Å². The standard InChI is InChI=1S/C12H17O5P/c1-9(12(13)18(14,16-3)17-4)10-5-7-11(15-2)8-6-10/h5-9H,1-4H3. The summed E-state index contributed by atoms with van der Waals surface area (Å²) in [5, 5.41) is 0. The summed E-state index contributed by atoms with van der Waals surface area (Å²) >= 11 is 0. The molecule has 1 atom stereocenters. The molecule has 0 aliphatic heterocycles. The van der Waals surface area contributed by atoms with Gasteiger partial charge < -0.3 is 13.8 Å². The maximum atomic E-state index is 12.0. The lowest BCUT2D eigenvalue weighted by Crippen LogP contribution is -2.12. The molecule has 0 saturated heterocycles. The van der Waals surface area contributed by atoms with Crippen LogP contribution in [0.3, 0.4) is 0 Å². The molecule has 5 nitrogen and oxygen atoms in total. The smallest absolute Gasteiger partial charge is 0.396 e. The highest BCUT2D eigenvalue weighted by molar-refractivity contribution is 7.72. The zero-order valence-electron chi connectivity index (χ0n) is 10.9. The Kier molecular flexibility index (Phi) is 5.08. The fourth-order valence-electron chi connectivity index (χ4n) is 1.53. The highest BCUT2D eigenvalue weighted by atomic mass is 31.2. The van der Waals surface area contributed by atoms with Crippen LogP contribution in [0, 0.1) is 0 Å². The van der Waals surface area contributed by atoms with Crippen LogP contribution < -0.4 is 4.74 Å². The van der Waals surface area contributed by atoms with E-state index < -0.39 is 19.0 Å². The first-order chi connectivity index (χ1) is 8.48. The quantitative estimate of drug-likeness (QED) is 0.745. The summed E-state index contributed by atoms with van der Waals surface area (Å²) in [6.45, 7) is 1.66. The van der Waals surface area contributed by atoms with Gasteiger partial charge in [0.2, 0.25) is 0 Å².